The average Bonchev–Trinajstić information content (AvgIpc) is 3.65. The number of anilines is 3. The van der Waals surface area contributed by atoms with E-state index >= 15 is 0 Å². The Balaban J connectivity index is 0.000000238. The van der Waals surface area contributed by atoms with Crippen molar-refractivity contribution in [2.24, 2.45) is 0 Å². The summed E-state index contributed by atoms with van der Waals surface area (Å²) >= 11 is 0. The number of fused-ring (bicyclic) bond motifs is 3. The third-order valence-electron chi connectivity index (χ3n) is 8.77. The molecule has 0 bridgehead atoms. The van der Waals surface area contributed by atoms with Crippen LogP contribution in [0.4, 0.5) is 17.1 Å². The van der Waals surface area contributed by atoms with Crippen molar-refractivity contribution in [1.29, 1.82) is 0 Å². The van der Waals surface area contributed by atoms with E-state index < -0.39 is 0 Å². The maximum Gasteiger partial charge on any atom is 0.0366 e. The molecule has 1 aromatic heterocycles. The van der Waals surface area contributed by atoms with Gasteiger partial charge in [0.2, 0.25) is 0 Å². The standard InChI is InChI=1S/C27H37N2.C14H13N2.Au/c1-18(2)22-11-9-12-23(19(3)4)26(22)28-15-16-29(17-28)27-24(20(5)6)13-10-14-25(27)21(7)8;1-16(2)10-7-8-14-12(9-10)11-5-3-4-6-13(11)15-14;/h9-21H,1-8H3;3-9H,1-2H3;/q2*-1;. The van der Waals surface area contributed by atoms with Gasteiger partial charge >= 0.3 is 0 Å². The Morgan fingerprint density at radius 3 is 1.41 bits per heavy atom. The third kappa shape index (κ3) is 7.25. The van der Waals surface area contributed by atoms with E-state index in [0.29, 0.717) is 23.7 Å². The third-order valence-corrected chi connectivity index (χ3v) is 8.77. The molecule has 5 heteroatoms. The van der Waals surface area contributed by atoms with Gasteiger partial charge in [0.1, 0.15) is 0 Å². The molecule has 0 saturated heterocycles. The first-order valence-electron chi connectivity index (χ1n) is 16.5. The predicted molar refractivity (Wildman–Crippen MR) is 197 cm³/mol. The predicted octanol–water partition coefficient (Wildman–Crippen LogP) is 11.1. The molecule has 1 radical (unpaired) electrons. The summed E-state index contributed by atoms with van der Waals surface area (Å²) in [5.41, 5.74) is 11.7. The van der Waals surface area contributed by atoms with Crippen molar-refractivity contribution in [3.63, 3.8) is 0 Å². The Morgan fingerprint density at radius 2 is 0.978 bits per heavy atom. The van der Waals surface area contributed by atoms with Crippen LogP contribution in [0.25, 0.3) is 21.8 Å². The summed E-state index contributed by atoms with van der Waals surface area (Å²) in [7, 11) is 4.11. The molecule has 0 N–H and O–H groups in total. The van der Waals surface area contributed by atoms with Gasteiger partial charge in [-0.15, -0.1) is 17.7 Å². The number of nitrogens with zero attached hydrogens (tertiary/aromatic N) is 4. The zero-order valence-electron chi connectivity index (χ0n) is 29.1. The first kappa shape index (κ1) is 35.4. The number of rotatable bonds is 7. The maximum atomic E-state index is 4.60. The molecule has 0 amide bonds. The van der Waals surface area contributed by atoms with Crippen LogP contribution in [0.1, 0.15) is 101 Å². The van der Waals surface area contributed by atoms with Crippen molar-refractivity contribution in [3.8, 4) is 0 Å². The fraction of sp³-hybridized carbons (Fsp3) is 0.341. The maximum absolute atomic E-state index is 4.60. The van der Waals surface area contributed by atoms with E-state index in [4.69, 9.17) is 0 Å². The summed E-state index contributed by atoms with van der Waals surface area (Å²) in [6, 6.07) is 28.2. The summed E-state index contributed by atoms with van der Waals surface area (Å²) < 4.78 is 0. The van der Waals surface area contributed by atoms with Gasteiger partial charge in [-0.25, -0.2) is 0 Å². The van der Waals surface area contributed by atoms with E-state index in [-0.39, 0.29) is 22.4 Å². The smallest absolute Gasteiger partial charge is 0.0366 e. The number of aromatic nitrogens is 1. The Bertz CT molecular complexity index is 1670. The van der Waals surface area contributed by atoms with Crippen LogP contribution in [-0.2, 0) is 22.4 Å². The van der Waals surface area contributed by atoms with Gasteiger partial charge < -0.3 is 19.7 Å². The molecule has 0 unspecified atom stereocenters. The van der Waals surface area contributed by atoms with Crippen molar-refractivity contribution < 1.29 is 22.4 Å². The normalized spacial score (nSPS) is 12.9. The largest absolute Gasteiger partial charge is 0.657 e. The van der Waals surface area contributed by atoms with E-state index in [9.17, 15) is 0 Å². The Morgan fingerprint density at radius 1 is 0.543 bits per heavy atom. The average molecular weight is 796 g/mol. The quantitative estimate of drug-likeness (QED) is 0.121. The summed E-state index contributed by atoms with van der Waals surface area (Å²) in [5.74, 6) is 1.92. The molecule has 1 aliphatic rings. The van der Waals surface area contributed by atoms with Crippen LogP contribution < -0.4 is 19.7 Å². The molecule has 5 aromatic rings. The summed E-state index contributed by atoms with van der Waals surface area (Å²) in [6.45, 7) is 20.5. The molecule has 0 aliphatic carbocycles. The SMILES string of the molecule is CC(C)c1cccc(C(C)C)c1N1C=CN(c2c(C(C)C)cccc2C(C)C)[CH-]1.CN(C)c1ccc2[n-]c3ccccc3c2c1.[Au]. The second kappa shape index (κ2) is 15.0. The fourth-order valence-corrected chi connectivity index (χ4v) is 6.28. The van der Waals surface area contributed by atoms with E-state index in [1.165, 1.54) is 50.1 Å². The van der Waals surface area contributed by atoms with Crippen LogP contribution in [0.2, 0.25) is 0 Å². The molecule has 4 nitrogen and oxygen atoms in total. The van der Waals surface area contributed by atoms with Gasteiger partial charge in [0.15, 0.2) is 0 Å². The van der Waals surface area contributed by atoms with Gasteiger partial charge in [-0.05, 0) is 81.2 Å². The molecular weight excluding hydrogens is 745 g/mol. The molecule has 2 heterocycles. The van der Waals surface area contributed by atoms with E-state index in [1.54, 1.807) is 0 Å². The minimum Gasteiger partial charge on any atom is -0.657 e. The Kier molecular flexibility index (Phi) is 11.5. The van der Waals surface area contributed by atoms with Crippen LogP contribution in [-0.4, -0.2) is 14.1 Å². The van der Waals surface area contributed by atoms with E-state index in [2.05, 4.69) is 181 Å². The molecule has 6 rings (SSSR count). The number of hydrogen-bond acceptors (Lipinski definition) is 3. The molecule has 0 fully saturated rings. The minimum atomic E-state index is 0. The minimum absolute atomic E-state index is 0. The molecule has 46 heavy (non-hydrogen) atoms. The Hall–Kier alpha value is -3.44. The van der Waals surface area contributed by atoms with Gasteiger partial charge in [0.25, 0.3) is 0 Å². The zero-order chi connectivity index (χ0) is 32.4. The summed E-state index contributed by atoms with van der Waals surface area (Å²) in [6.07, 6.45) is 4.43. The van der Waals surface area contributed by atoms with Gasteiger partial charge in [-0.3, -0.25) is 0 Å². The van der Waals surface area contributed by atoms with Gasteiger partial charge in [-0.2, -0.15) is 0 Å². The fourth-order valence-electron chi connectivity index (χ4n) is 6.28. The summed E-state index contributed by atoms with van der Waals surface area (Å²) in [5, 5.41) is 2.48. The number of para-hydroxylation sites is 3. The monoisotopic (exact) mass is 795 g/mol. The molecule has 0 atom stereocenters. The van der Waals surface area contributed by atoms with Crippen molar-refractivity contribution in [3.05, 3.63) is 120 Å². The number of benzene rings is 4. The molecule has 0 saturated carbocycles. The molecule has 247 valence electrons. The van der Waals surface area contributed by atoms with Crippen molar-refractivity contribution in [2.75, 3.05) is 28.8 Å². The number of hydrogen-bond donors (Lipinski definition) is 0. The van der Waals surface area contributed by atoms with Gasteiger partial charge in [0.05, 0.1) is 0 Å². The second-order valence-electron chi connectivity index (χ2n) is 13.6. The molecule has 0 spiro atoms. The van der Waals surface area contributed by atoms with Crippen LogP contribution in [0.5, 0.6) is 0 Å². The zero-order valence-corrected chi connectivity index (χ0v) is 31.3. The first-order valence-corrected chi connectivity index (χ1v) is 16.5. The second-order valence-corrected chi connectivity index (χ2v) is 13.6. The first-order chi connectivity index (χ1) is 21.5. The van der Waals surface area contributed by atoms with Crippen molar-refractivity contribution in [1.82, 2.24) is 4.98 Å². The van der Waals surface area contributed by atoms with E-state index in [1.807, 2.05) is 6.07 Å². The van der Waals surface area contributed by atoms with Crippen LogP contribution >= 0.6 is 0 Å². The van der Waals surface area contributed by atoms with E-state index in [0.717, 1.165) is 11.0 Å². The molecular formula is C41H50AuN4-2. The van der Waals surface area contributed by atoms with Crippen LogP contribution in [0, 0.1) is 6.67 Å². The molecule has 4 aromatic carbocycles. The van der Waals surface area contributed by atoms with Crippen LogP contribution in [0.15, 0.2) is 91.3 Å². The summed E-state index contributed by atoms with van der Waals surface area (Å²) in [4.78, 5) is 11.4. The van der Waals surface area contributed by atoms with Crippen molar-refractivity contribution in [2.45, 2.75) is 79.1 Å². The van der Waals surface area contributed by atoms with Gasteiger partial charge in [0, 0.05) is 53.5 Å². The Labute approximate surface area is 293 Å². The topological polar surface area (TPSA) is 23.8 Å². The van der Waals surface area contributed by atoms with Crippen LogP contribution in [0.3, 0.4) is 0 Å². The van der Waals surface area contributed by atoms with Gasteiger partial charge in [-0.1, -0.05) is 122 Å². The van der Waals surface area contributed by atoms with Crippen molar-refractivity contribution >= 4 is 38.9 Å². The molecule has 1 aliphatic heterocycles.